The molecular formula is C27H30FN3O4S. The standard InChI is InChI=1S/C27H30FN3O4S/c1-18(2)17-31(27(33)26(32)30-16-20-8-6-7-19(13-20)15-29)24-12-11-21(14-23(24)28)22-9-4-5-10-25(22)36(3,34)35/h4-14,18H,15-17,29H2,1-3H3,(H,30,32). The number of benzene rings is 3. The minimum absolute atomic E-state index is 0.0481. The smallest absolute Gasteiger partial charge is 0.316 e. The van der Waals surface area contributed by atoms with Crippen LogP contribution in [-0.2, 0) is 32.5 Å². The predicted molar refractivity (Wildman–Crippen MR) is 138 cm³/mol. The summed E-state index contributed by atoms with van der Waals surface area (Å²) in [6, 6.07) is 17.7. The van der Waals surface area contributed by atoms with Gasteiger partial charge in [-0.15, -0.1) is 0 Å². The van der Waals surface area contributed by atoms with E-state index in [2.05, 4.69) is 5.32 Å². The molecule has 2 amide bonds. The summed E-state index contributed by atoms with van der Waals surface area (Å²) in [7, 11) is -3.54. The van der Waals surface area contributed by atoms with Gasteiger partial charge in [-0.25, -0.2) is 12.8 Å². The Bertz CT molecular complexity index is 1370. The average molecular weight is 512 g/mol. The molecule has 36 heavy (non-hydrogen) atoms. The Kier molecular flexibility index (Phi) is 8.60. The number of nitrogens with one attached hydrogen (secondary N) is 1. The van der Waals surface area contributed by atoms with Gasteiger partial charge in [-0.3, -0.25) is 9.59 Å². The van der Waals surface area contributed by atoms with Crippen LogP contribution in [0.4, 0.5) is 10.1 Å². The lowest BCUT2D eigenvalue weighted by molar-refractivity contribution is -0.137. The quantitative estimate of drug-likeness (QED) is 0.449. The first kappa shape index (κ1) is 27.0. The first-order chi connectivity index (χ1) is 17.0. The van der Waals surface area contributed by atoms with Crippen LogP contribution in [0.2, 0.25) is 0 Å². The lowest BCUT2D eigenvalue weighted by atomic mass is 10.0. The van der Waals surface area contributed by atoms with Gasteiger partial charge in [-0.2, -0.15) is 0 Å². The third-order valence-electron chi connectivity index (χ3n) is 5.50. The highest BCUT2D eigenvalue weighted by Gasteiger charge is 2.27. The van der Waals surface area contributed by atoms with Crippen molar-refractivity contribution in [3.8, 4) is 11.1 Å². The van der Waals surface area contributed by atoms with E-state index in [1.165, 1.54) is 18.2 Å². The number of carbonyl (C=O) groups is 2. The molecule has 190 valence electrons. The number of hydrogen-bond donors (Lipinski definition) is 2. The van der Waals surface area contributed by atoms with E-state index < -0.39 is 27.5 Å². The second-order valence-electron chi connectivity index (χ2n) is 8.95. The number of nitrogens with zero attached hydrogens (tertiary/aromatic N) is 1. The first-order valence-electron chi connectivity index (χ1n) is 11.5. The number of carbonyl (C=O) groups excluding carboxylic acids is 2. The molecule has 0 saturated heterocycles. The Morgan fingerprint density at radius 1 is 1.00 bits per heavy atom. The zero-order chi connectivity index (χ0) is 26.5. The molecule has 3 aromatic rings. The van der Waals surface area contributed by atoms with Crippen molar-refractivity contribution in [2.75, 3.05) is 17.7 Å². The monoisotopic (exact) mass is 511 g/mol. The molecule has 0 unspecified atom stereocenters. The number of hydrogen-bond acceptors (Lipinski definition) is 5. The van der Waals surface area contributed by atoms with Crippen LogP contribution in [0.25, 0.3) is 11.1 Å². The minimum atomic E-state index is -3.54. The summed E-state index contributed by atoms with van der Waals surface area (Å²) >= 11 is 0. The molecular weight excluding hydrogens is 481 g/mol. The number of sulfone groups is 1. The Labute approximate surface area is 211 Å². The van der Waals surface area contributed by atoms with E-state index in [-0.39, 0.29) is 29.6 Å². The Morgan fingerprint density at radius 2 is 1.69 bits per heavy atom. The number of anilines is 1. The van der Waals surface area contributed by atoms with E-state index >= 15 is 4.39 Å². The Balaban J connectivity index is 1.88. The molecule has 0 aliphatic carbocycles. The van der Waals surface area contributed by atoms with Crippen LogP contribution in [0, 0.1) is 11.7 Å². The summed E-state index contributed by atoms with van der Waals surface area (Å²) < 4.78 is 39.7. The number of halogens is 1. The molecule has 0 aliphatic rings. The Hall–Kier alpha value is -3.56. The first-order valence-corrected chi connectivity index (χ1v) is 13.4. The molecule has 3 rings (SSSR count). The van der Waals surface area contributed by atoms with Gasteiger partial charge in [-0.05, 0) is 40.8 Å². The SMILES string of the molecule is CC(C)CN(C(=O)C(=O)NCc1cccc(CN)c1)c1ccc(-c2ccccc2S(C)(=O)=O)cc1F. The van der Waals surface area contributed by atoms with Gasteiger partial charge in [0.2, 0.25) is 0 Å². The normalized spacial score (nSPS) is 11.4. The van der Waals surface area contributed by atoms with E-state index in [1.54, 1.807) is 24.3 Å². The van der Waals surface area contributed by atoms with Crippen LogP contribution in [0.1, 0.15) is 25.0 Å². The van der Waals surface area contributed by atoms with Crippen molar-refractivity contribution in [1.29, 1.82) is 0 Å². The lowest BCUT2D eigenvalue weighted by Crippen LogP contribution is -2.44. The van der Waals surface area contributed by atoms with E-state index in [0.29, 0.717) is 17.7 Å². The maximum Gasteiger partial charge on any atom is 0.316 e. The highest BCUT2D eigenvalue weighted by Crippen LogP contribution is 2.31. The van der Waals surface area contributed by atoms with E-state index in [0.717, 1.165) is 22.3 Å². The van der Waals surface area contributed by atoms with E-state index in [1.807, 2.05) is 38.1 Å². The lowest BCUT2D eigenvalue weighted by Gasteiger charge is -2.25. The third-order valence-corrected chi connectivity index (χ3v) is 6.66. The molecule has 9 heteroatoms. The van der Waals surface area contributed by atoms with Crippen molar-refractivity contribution in [2.45, 2.75) is 31.8 Å². The van der Waals surface area contributed by atoms with Gasteiger partial charge in [0.05, 0.1) is 10.6 Å². The van der Waals surface area contributed by atoms with Gasteiger partial charge >= 0.3 is 11.8 Å². The van der Waals surface area contributed by atoms with E-state index in [4.69, 9.17) is 5.73 Å². The molecule has 0 radical (unpaired) electrons. The average Bonchev–Trinajstić information content (AvgIpc) is 2.85. The number of nitrogens with two attached hydrogens (primary N) is 1. The van der Waals surface area contributed by atoms with Crippen molar-refractivity contribution >= 4 is 27.3 Å². The molecule has 0 spiro atoms. The largest absolute Gasteiger partial charge is 0.344 e. The van der Waals surface area contributed by atoms with Crippen LogP contribution in [-0.4, -0.2) is 33.0 Å². The van der Waals surface area contributed by atoms with Gasteiger partial charge in [0.25, 0.3) is 0 Å². The van der Waals surface area contributed by atoms with Crippen molar-refractivity contribution in [3.63, 3.8) is 0 Å². The van der Waals surface area contributed by atoms with Gasteiger partial charge in [0.15, 0.2) is 9.84 Å². The number of amides is 2. The summed E-state index contributed by atoms with van der Waals surface area (Å²) in [5.41, 5.74) is 7.97. The molecule has 0 aliphatic heterocycles. The molecule has 0 fully saturated rings. The zero-order valence-electron chi connectivity index (χ0n) is 20.5. The third kappa shape index (κ3) is 6.56. The van der Waals surface area contributed by atoms with Crippen LogP contribution in [0.3, 0.4) is 0 Å². The second kappa shape index (κ2) is 11.5. The van der Waals surface area contributed by atoms with E-state index in [9.17, 15) is 18.0 Å². The molecule has 7 nitrogen and oxygen atoms in total. The van der Waals surface area contributed by atoms with Gasteiger partial charge in [-0.1, -0.05) is 62.4 Å². The molecule has 0 heterocycles. The second-order valence-corrected chi connectivity index (χ2v) is 10.9. The van der Waals surface area contributed by atoms with Crippen LogP contribution in [0.5, 0.6) is 0 Å². The summed E-state index contributed by atoms with van der Waals surface area (Å²) in [6.45, 7) is 4.30. The van der Waals surface area contributed by atoms with Crippen molar-refractivity contribution in [1.82, 2.24) is 5.32 Å². The van der Waals surface area contributed by atoms with Crippen LogP contribution < -0.4 is 16.0 Å². The molecule has 0 saturated carbocycles. The minimum Gasteiger partial charge on any atom is -0.344 e. The molecule has 0 bridgehead atoms. The predicted octanol–water partition coefficient (Wildman–Crippen LogP) is 3.66. The van der Waals surface area contributed by atoms with Crippen molar-refractivity contribution < 1.29 is 22.4 Å². The van der Waals surface area contributed by atoms with Gasteiger partial charge in [0.1, 0.15) is 5.82 Å². The van der Waals surface area contributed by atoms with Crippen LogP contribution in [0.15, 0.2) is 71.6 Å². The van der Waals surface area contributed by atoms with Crippen molar-refractivity contribution in [3.05, 3.63) is 83.7 Å². The fourth-order valence-electron chi connectivity index (χ4n) is 3.82. The summed E-state index contributed by atoms with van der Waals surface area (Å²) in [6.07, 6.45) is 1.09. The molecule has 0 aromatic heterocycles. The van der Waals surface area contributed by atoms with Gasteiger partial charge < -0.3 is 16.0 Å². The van der Waals surface area contributed by atoms with Gasteiger partial charge in [0, 0.05) is 31.5 Å². The fourth-order valence-corrected chi connectivity index (χ4v) is 4.74. The Morgan fingerprint density at radius 3 is 2.33 bits per heavy atom. The summed E-state index contributed by atoms with van der Waals surface area (Å²) in [5, 5.41) is 2.59. The maximum absolute atomic E-state index is 15.3. The maximum atomic E-state index is 15.3. The zero-order valence-corrected chi connectivity index (χ0v) is 21.3. The summed E-state index contributed by atoms with van der Waals surface area (Å²) in [4.78, 5) is 27.0. The number of rotatable bonds is 8. The fraction of sp³-hybridized carbons (Fsp3) is 0.259. The summed E-state index contributed by atoms with van der Waals surface area (Å²) in [5.74, 6) is -2.54. The molecule has 0 atom stereocenters. The molecule has 3 aromatic carbocycles. The molecule has 3 N–H and O–H groups in total. The van der Waals surface area contributed by atoms with Crippen molar-refractivity contribution in [2.24, 2.45) is 11.7 Å². The van der Waals surface area contributed by atoms with Crippen LogP contribution >= 0.6 is 0 Å². The highest BCUT2D eigenvalue weighted by molar-refractivity contribution is 7.90. The topological polar surface area (TPSA) is 110 Å². The highest BCUT2D eigenvalue weighted by atomic mass is 32.2.